The fourth-order valence-corrected chi connectivity index (χ4v) is 3.36. The number of benzene rings is 1. The van der Waals surface area contributed by atoms with Crippen LogP contribution in [0.3, 0.4) is 0 Å². The van der Waals surface area contributed by atoms with Gasteiger partial charge in [-0.25, -0.2) is 17.9 Å². The highest BCUT2D eigenvalue weighted by atomic mass is 35.5. The Morgan fingerprint density at radius 2 is 2.05 bits per heavy atom. The zero-order chi connectivity index (χ0) is 16.2. The van der Waals surface area contributed by atoms with E-state index < -0.39 is 16.0 Å². The highest BCUT2D eigenvalue weighted by Gasteiger charge is 2.21. The number of hydrogen-bond donors (Lipinski definition) is 2. The third-order valence-electron chi connectivity index (χ3n) is 3.17. The van der Waals surface area contributed by atoms with Gasteiger partial charge in [0.2, 0.25) is 10.0 Å². The largest absolute Gasteiger partial charge is 0.478 e. The summed E-state index contributed by atoms with van der Waals surface area (Å²) in [4.78, 5) is 13.0. The molecule has 0 fully saturated rings. The van der Waals surface area contributed by atoms with E-state index in [1.165, 1.54) is 19.1 Å². The molecule has 118 valence electrons. The lowest BCUT2D eigenvalue weighted by Crippen LogP contribution is -2.33. The van der Waals surface area contributed by atoms with Crippen molar-refractivity contribution >= 4 is 27.6 Å². The van der Waals surface area contributed by atoms with E-state index in [0.29, 0.717) is 6.54 Å². The van der Waals surface area contributed by atoms with Crippen molar-refractivity contribution in [3.8, 4) is 0 Å². The van der Waals surface area contributed by atoms with Gasteiger partial charge in [-0.15, -0.1) is 0 Å². The van der Waals surface area contributed by atoms with Gasteiger partial charge >= 0.3 is 5.97 Å². The van der Waals surface area contributed by atoms with E-state index in [1.54, 1.807) is 0 Å². The molecule has 0 unspecified atom stereocenters. The first-order valence-corrected chi connectivity index (χ1v) is 8.26. The summed E-state index contributed by atoms with van der Waals surface area (Å²) in [6, 6.07) is 2.50. The number of nitrogens with zero attached hydrogens (tertiary/aromatic N) is 1. The fraction of sp³-hybridized carbons (Fsp3) is 0.462. The number of carboxylic acid groups (broad SMARTS) is 1. The van der Waals surface area contributed by atoms with E-state index in [9.17, 15) is 13.2 Å². The van der Waals surface area contributed by atoms with Crippen molar-refractivity contribution < 1.29 is 18.3 Å². The first-order valence-electron chi connectivity index (χ1n) is 6.40. The van der Waals surface area contributed by atoms with Crippen LogP contribution in [0.15, 0.2) is 17.0 Å². The van der Waals surface area contributed by atoms with Crippen molar-refractivity contribution in [3.05, 3.63) is 28.3 Å². The third kappa shape index (κ3) is 4.67. The molecule has 0 aliphatic rings. The molecule has 0 spiro atoms. The van der Waals surface area contributed by atoms with Crippen LogP contribution in [0.25, 0.3) is 0 Å². The predicted molar refractivity (Wildman–Crippen MR) is 81.5 cm³/mol. The van der Waals surface area contributed by atoms with Crippen LogP contribution >= 0.6 is 11.6 Å². The minimum Gasteiger partial charge on any atom is -0.478 e. The Hall–Kier alpha value is -1.15. The average molecular weight is 335 g/mol. The molecule has 0 aliphatic carbocycles. The van der Waals surface area contributed by atoms with Gasteiger partial charge in [0.25, 0.3) is 0 Å². The Morgan fingerprint density at radius 1 is 1.43 bits per heavy atom. The maximum Gasteiger partial charge on any atom is 0.336 e. The van der Waals surface area contributed by atoms with E-state index >= 15 is 0 Å². The fourth-order valence-electron chi connectivity index (χ4n) is 1.76. The van der Waals surface area contributed by atoms with Gasteiger partial charge in [-0.2, -0.15) is 0 Å². The van der Waals surface area contributed by atoms with Gasteiger partial charge in [-0.1, -0.05) is 18.5 Å². The summed E-state index contributed by atoms with van der Waals surface area (Å²) in [7, 11) is -1.92. The number of carboxylic acids is 1. The van der Waals surface area contributed by atoms with Gasteiger partial charge in [0, 0.05) is 18.1 Å². The molecule has 0 bridgehead atoms. The average Bonchev–Trinajstić information content (AvgIpc) is 2.40. The van der Waals surface area contributed by atoms with Gasteiger partial charge in [-0.3, -0.25) is 0 Å². The van der Waals surface area contributed by atoms with E-state index in [2.05, 4.69) is 4.72 Å². The number of rotatable bonds is 7. The molecule has 0 aliphatic heterocycles. The maximum absolute atomic E-state index is 12.3. The number of halogens is 1. The normalized spacial score (nSPS) is 11.9. The molecule has 0 atom stereocenters. The van der Waals surface area contributed by atoms with Gasteiger partial charge in [0.1, 0.15) is 0 Å². The smallest absolute Gasteiger partial charge is 0.336 e. The van der Waals surface area contributed by atoms with Crippen LogP contribution in [0, 0.1) is 6.92 Å². The van der Waals surface area contributed by atoms with Crippen molar-refractivity contribution in [3.63, 3.8) is 0 Å². The summed E-state index contributed by atoms with van der Waals surface area (Å²) in [6.45, 7) is 5.02. The molecule has 1 rings (SSSR count). The first kappa shape index (κ1) is 17.9. The van der Waals surface area contributed by atoms with Crippen molar-refractivity contribution in [1.82, 2.24) is 9.62 Å². The quantitative estimate of drug-likeness (QED) is 0.790. The summed E-state index contributed by atoms with van der Waals surface area (Å²) in [6.07, 6.45) is 0. The van der Waals surface area contributed by atoms with Gasteiger partial charge in [0.15, 0.2) is 0 Å². The SMILES string of the molecule is CCN(C)CCNS(=O)(=O)c1cc(Cl)cc(C(=O)O)c1C. The number of likely N-dealkylation sites (N-methyl/N-ethyl adjacent to an activating group) is 1. The molecule has 1 aromatic carbocycles. The summed E-state index contributed by atoms with van der Waals surface area (Å²) in [5, 5.41) is 9.15. The molecule has 0 saturated heterocycles. The van der Waals surface area contributed by atoms with Crippen LogP contribution < -0.4 is 4.72 Å². The molecule has 6 nitrogen and oxygen atoms in total. The van der Waals surface area contributed by atoms with Crippen LogP contribution in [-0.4, -0.2) is 51.1 Å². The van der Waals surface area contributed by atoms with Crippen LogP contribution in [0.1, 0.15) is 22.8 Å². The zero-order valence-electron chi connectivity index (χ0n) is 12.2. The maximum atomic E-state index is 12.3. The Bertz CT molecular complexity index is 631. The molecule has 0 radical (unpaired) electrons. The summed E-state index contributed by atoms with van der Waals surface area (Å²) < 4.78 is 27.0. The monoisotopic (exact) mass is 334 g/mol. The summed E-state index contributed by atoms with van der Waals surface area (Å²) in [5.74, 6) is -1.21. The molecule has 0 aromatic heterocycles. The van der Waals surface area contributed by atoms with E-state index in [-0.39, 0.29) is 27.6 Å². The molecular formula is C13H19ClN2O4S. The first-order chi connectivity index (χ1) is 9.69. The highest BCUT2D eigenvalue weighted by Crippen LogP contribution is 2.24. The molecule has 0 amide bonds. The van der Waals surface area contributed by atoms with Crippen molar-refractivity contribution in [1.29, 1.82) is 0 Å². The molecule has 0 saturated carbocycles. The number of sulfonamides is 1. The molecule has 0 heterocycles. The van der Waals surface area contributed by atoms with Crippen molar-refractivity contribution in [2.75, 3.05) is 26.7 Å². The van der Waals surface area contributed by atoms with Gasteiger partial charge in [-0.05, 0) is 38.2 Å². The number of nitrogens with one attached hydrogen (secondary N) is 1. The standard InChI is InChI=1S/C13H19ClN2O4S/c1-4-16(3)6-5-15-21(19,20)12-8-10(14)7-11(9(12)2)13(17)18/h7-8,15H,4-6H2,1-3H3,(H,17,18). The van der Waals surface area contributed by atoms with Gasteiger partial charge in [0.05, 0.1) is 10.5 Å². The van der Waals surface area contributed by atoms with Crippen LogP contribution in [0.2, 0.25) is 5.02 Å². The van der Waals surface area contributed by atoms with E-state index in [4.69, 9.17) is 16.7 Å². The molecule has 2 N–H and O–H groups in total. The second kappa shape index (κ2) is 7.22. The highest BCUT2D eigenvalue weighted by molar-refractivity contribution is 7.89. The van der Waals surface area contributed by atoms with Crippen molar-refractivity contribution in [2.24, 2.45) is 0 Å². The lowest BCUT2D eigenvalue weighted by molar-refractivity contribution is 0.0696. The minimum atomic E-state index is -3.80. The number of aromatic carboxylic acids is 1. The van der Waals surface area contributed by atoms with Crippen LogP contribution in [-0.2, 0) is 10.0 Å². The van der Waals surface area contributed by atoms with E-state index in [1.807, 2.05) is 18.9 Å². The Kier molecular flexibility index (Phi) is 6.15. The predicted octanol–water partition coefficient (Wildman–Crippen LogP) is 1.58. The Balaban J connectivity index is 3.06. The van der Waals surface area contributed by atoms with Crippen molar-refractivity contribution in [2.45, 2.75) is 18.7 Å². The van der Waals surface area contributed by atoms with E-state index in [0.717, 1.165) is 6.54 Å². The Labute approximate surface area is 129 Å². The van der Waals surface area contributed by atoms with Crippen LogP contribution in [0.5, 0.6) is 0 Å². The second-order valence-corrected chi connectivity index (χ2v) is 6.85. The van der Waals surface area contributed by atoms with Crippen LogP contribution in [0.4, 0.5) is 0 Å². The molecular weight excluding hydrogens is 316 g/mol. The summed E-state index contributed by atoms with van der Waals surface area (Å²) >= 11 is 5.82. The molecule has 21 heavy (non-hydrogen) atoms. The molecule has 8 heteroatoms. The third-order valence-corrected chi connectivity index (χ3v) is 4.98. The van der Waals surface area contributed by atoms with Gasteiger partial charge < -0.3 is 10.0 Å². The number of hydrogen-bond acceptors (Lipinski definition) is 4. The lowest BCUT2D eigenvalue weighted by atomic mass is 10.1. The molecule has 1 aromatic rings. The number of carbonyl (C=O) groups is 1. The second-order valence-electron chi connectivity index (χ2n) is 4.68. The Morgan fingerprint density at radius 3 is 2.57 bits per heavy atom. The summed E-state index contributed by atoms with van der Waals surface area (Å²) in [5.41, 5.74) is 0.0526. The minimum absolute atomic E-state index is 0.0732. The zero-order valence-corrected chi connectivity index (χ0v) is 13.8. The topological polar surface area (TPSA) is 86.7 Å². The lowest BCUT2D eigenvalue weighted by Gasteiger charge is -2.15.